The van der Waals surface area contributed by atoms with Gasteiger partial charge in [-0.3, -0.25) is 4.79 Å². The molecule has 1 rings (SSSR count). The number of likely N-dealkylation sites (tertiary alicyclic amines) is 1. The van der Waals surface area contributed by atoms with Gasteiger partial charge in [0.15, 0.2) is 15.7 Å². The van der Waals surface area contributed by atoms with Crippen LogP contribution < -0.4 is 5.73 Å². The summed E-state index contributed by atoms with van der Waals surface area (Å²) in [6.45, 7) is 1.78. The number of carbonyl (C=O) groups is 1. The number of carbonyl (C=O) groups excluding carboxylic acids is 1. The number of hydrogen-bond donors (Lipinski definition) is 2. The minimum absolute atomic E-state index is 0.0587. The zero-order chi connectivity index (χ0) is 13.2. The van der Waals surface area contributed by atoms with Crippen molar-refractivity contribution in [2.24, 2.45) is 10.9 Å². The van der Waals surface area contributed by atoms with Crippen LogP contribution in [0.5, 0.6) is 0 Å². The summed E-state index contributed by atoms with van der Waals surface area (Å²) in [6.07, 6.45) is 2.31. The lowest BCUT2D eigenvalue weighted by atomic mass is 10.2. The topological polar surface area (TPSA) is 113 Å². The van der Waals surface area contributed by atoms with Crippen LogP contribution in [0.25, 0.3) is 0 Å². The normalized spacial score (nSPS) is 23.8. The molecule has 1 heterocycles. The molecule has 3 N–H and O–H groups in total. The smallest absolute Gasteiger partial charge is 0.241 e. The first-order chi connectivity index (χ1) is 7.79. The second-order valence-electron chi connectivity index (χ2n) is 4.19. The van der Waals surface area contributed by atoms with Crippen molar-refractivity contribution >= 4 is 21.6 Å². The second kappa shape index (κ2) is 4.91. The standard InChI is InChI=1S/C9H17N3O4S/c1-6(17(2,15)16)9(13)12-5-3-4-7(12)8(10)11-14/h6-7,14H,3-5H2,1-2H3,(H2,10,11). The molecule has 0 aliphatic carbocycles. The molecule has 0 aromatic carbocycles. The van der Waals surface area contributed by atoms with Crippen molar-refractivity contribution < 1.29 is 18.4 Å². The molecule has 0 spiro atoms. The van der Waals surface area contributed by atoms with Crippen molar-refractivity contribution in [2.45, 2.75) is 31.1 Å². The molecule has 8 heteroatoms. The molecule has 1 aliphatic rings. The van der Waals surface area contributed by atoms with Gasteiger partial charge in [-0.05, 0) is 19.8 Å². The van der Waals surface area contributed by atoms with Crippen LogP contribution in [0.4, 0.5) is 0 Å². The summed E-state index contributed by atoms with van der Waals surface area (Å²) in [5.41, 5.74) is 5.47. The molecule has 17 heavy (non-hydrogen) atoms. The van der Waals surface area contributed by atoms with Gasteiger partial charge < -0.3 is 15.8 Å². The molecular formula is C9H17N3O4S. The van der Waals surface area contributed by atoms with Gasteiger partial charge in [-0.1, -0.05) is 5.16 Å². The first-order valence-corrected chi connectivity index (χ1v) is 7.21. The lowest BCUT2D eigenvalue weighted by Gasteiger charge is -2.25. The number of rotatable bonds is 3. The Morgan fingerprint density at radius 2 is 2.18 bits per heavy atom. The van der Waals surface area contributed by atoms with Crippen molar-refractivity contribution in [2.75, 3.05) is 12.8 Å². The van der Waals surface area contributed by atoms with E-state index in [9.17, 15) is 13.2 Å². The Bertz CT molecular complexity index is 432. The number of amides is 1. The maximum atomic E-state index is 12.0. The largest absolute Gasteiger partial charge is 0.409 e. The summed E-state index contributed by atoms with van der Waals surface area (Å²) < 4.78 is 22.6. The molecule has 0 aromatic rings. The molecule has 0 bridgehead atoms. The lowest BCUT2D eigenvalue weighted by molar-refractivity contribution is -0.130. The van der Waals surface area contributed by atoms with E-state index in [1.54, 1.807) is 0 Å². The van der Waals surface area contributed by atoms with Gasteiger partial charge in [0.2, 0.25) is 5.91 Å². The summed E-state index contributed by atoms with van der Waals surface area (Å²) in [4.78, 5) is 13.3. The van der Waals surface area contributed by atoms with Crippen LogP contribution in [0.15, 0.2) is 5.16 Å². The second-order valence-corrected chi connectivity index (χ2v) is 6.55. The Labute approximate surface area is 100 Å². The van der Waals surface area contributed by atoms with Crippen LogP contribution >= 0.6 is 0 Å². The van der Waals surface area contributed by atoms with Crippen LogP contribution in [0.1, 0.15) is 19.8 Å². The average molecular weight is 263 g/mol. The number of oxime groups is 1. The third-order valence-corrected chi connectivity index (χ3v) is 4.47. The van der Waals surface area contributed by atoms with Gasteiger partial charge in [-0.15, -0.1) is 0 Å². The monoisotopic (exact) mass is 263 g/mol. The Morgan fingerprint density at radius 3 is 2.65 bits per heavy atom. The van der Waals surface area contributed by atoms with Crippen LogP contribution in [0.3, 0.4) is 0 Å². The maximum Gasteiger partial charge on any atom is 0.241 e. The van der Waals surface area contributed by atoms with E-state index < -0.39 is 27.0 Å². The highest BCUT2D eigenvalue weighted by Crippen LogP contribution is 2.19. The van der Waals surface area contributed by atoms with E-state index in [-0.39, 0.29) is 5.84 Å². The third kappa shape index (κ3) is 2.87. The van der Waals surface area contributed by atoms with E-state index in [1.807, 2.05) is 0 Å². The van der Waals surface area contributed by atoms with Gasteiger partial charge in [-0.2, -0.15) is 0 Å². The minimum atomic E-state index is -3.43. The zero-order valence-corrected chi connectivity index (χ0v) is 10.6. The quantitative estimate of drug-likeness (QED) is 0.298. The van der Waals surface area contributed by atoms with Crippen LogP contribution in [-0.4, -0.2) is 54.4 Å². The van der Waals surface area contributed by atoms with Crippen LogP contribution in [0.2, 0.25) is 0 Å². The van der Waals surface area contributed by atoms with Gasteiger partial charge in [0.05, 0.1) is 6.04 Å². The predicted molar refractivity (Wildman–Crippen MR) is 62.4 cm³/mol. The fourth-order valence-electron chi connectivity index (χ4n) is 1.82. The van der Waals surface area contributed by atoms with E-state index in [4.69, 9.17) is 10.9 Å². The van der Waals surface area contributed by atoms with Crippen molar-refractivity contribution in [3.63, 3.8) is 0 Å². The molecule has 1 aliphatic heterocycles. The van der Waals surface area contributed by atoms with Crippen molar-refractivity contribution in [1.29, 1.82) is 0 Å². The summed E-state index contributed by atoms with van der Waals surface area (Å²) >= 11 is 0. The SMILES string of the molecule is CC(C(=O)N1CCCC1C(N)=NO)S(C)(=O)=O. The molecular weight excluding hydrogens is 246 g/mol. The fraction of sp³-hybridized carbons (Fsp3) is 0.778. The van der Waals surface area contributed by atoms with Crippen molar-refractivity contribution in [1.82, 2.24) is 4.90 Å². The minimum Gasteiger partial charge on any atom is -0.409 e. The van der Waals surface area contributed by atoms with Crippen LogP contribution in [0, 0.1) is 0 Å². The number of nitrogens with zero attached hydrogens (tertiary/aromatic N) is 2. The first-order valence-electron chi connectivity index (χ1n) is 5.25. The number of sulfone groups is 1. The van der Waals surface area contributed by atoms with E-state index >= 15 is 0 Å². The highest BCUT2D eigenvalue weighted by atomic mass is 32.2. The first kappa shape index (κ1) is 13.8. The van der Waals surface area contributed by atoms with E-state index in [0.29, 0.717) is 19.4 Å². The molecule has 2 unspecified atom stereocenters. The zero-order valence-electron chi connectivity index (χ0n) is 9.83. The highest BCUT2D eigenvalue weighted by Gasteiger charge is 2.37. The molecule has 7 nitrogen and oxygen atoms in total. The lowest BCUT2D eigenvalue weighted by Crippen LogP contribution is -2.48. The molecule has 0 aromatic heterocycles. The van der Waals surface area contributed by atoms with E-state index in [2.05, 4.69) is 5.16 Å². The number of hydrogen-bond acceptors (Lipinski definition) is 5. The Balaban J connectivity index is 2.89. The van der Waals surface area contributed by atoms with Gasteiger partial charge >= 0.3 is 0 Å². The number of nitrogens with two attached hydrogens (primary N) is 1. The molecule has 1 amide bonds. The van der Waals surface area contributed by atoms with Gasteiger partial charge in [0.1, 0.15) is 5.25 Å². The van der Waals surface area contributed by atoms with Gasteiger partial charge in [-0.25, -0.2) is 8.42 Å². The van der Waals surface area contributed by atoms with E-state index in [1.165, 1.54) is 11.8 Å². The molecule has 0 saturated carbocycles. The molecule has 98 valence electrons. The molecule has 2 atom stereocenters. The van der Waals surface area contributed by atoms with Crippen molar-refractivity contribution in [3.8, 4) is 0 Å². The highest BCUT2D eigenvalue weighted by molar-refractivity contribution is 7.92. The predicted octanol–water partition coefficient (Wildman–Crippen LogP) is -0.843. The summed E-state index contributed by atoms with van der Waals surface area (Å²) in [6, 6.07) is -0.503. The molecule has 1 fully saturated rings. The maximum absolute atomic E-state index is 12.0. The fourth-order valence-corrected chi connectivity index (χ4v) is 2.32. The summed E-state index contributed by atoms with van der Waals surface area (Å²) in [7, 11) is -3.43. The summed E-state index contributed by atoms with van der Waals surface area (Å²) in [5.74, 6) is -0.557. The Kier molecular flexibility index (Phi) is 3.97. The summed E-state index contributed by atoms with van der Waals surface area (Å²) in [5, 5.41) is 10.4. The molecule has 0 radical (unpaired) electrons. The van der Waals surface area contributed by atoms with Crippen molar-refractivity contribution in [3.05, 3.63) is 0 Å². The van der Waals surface area contributed by atoms with Crippen LogP contribution in [-0.2, 0) is 14.6 Å². The van der Waals surface area contributed by atoms with E-state index in [0.717, 1.165) is 6.26 Å². The number of amidine groups is 1. The van der Waals surface area contributed by atoms with Gasteiger partial charge in [0, 0.05) is 12.8 Å². The third-order valence-electron chi connectivity index (χ3n) is 2.98. The Morgan fingerprint density at radius 1 is 1.59 bits per heavy atom. The van der Waals surface area contributed by atoms with Gasteiger partial charge in [0.25, 0.3) is 0 Å². The molecule has 1 saturated heterocycles. The average Bonchev–Trinajstić information content (AvgIpc) is 2.73. The Hall–Kier alpha value is -1.31.